The average molecular weight is 252 g/mol. The fourth-order valence-corrected chi connectivity index (χ4v) is 1.56. The summed E-state index contributed by atoms with van der Waals surface area (Å²) in [5, 5.41) is 4.07. The van der Waals surface area contributed by atoms with Gasteiger partial charge in [0.25, 0.3) is 0 Å². The summed E-state index contributed by atoms with van der Waals surface area (Å²) in [7, 11) is 0. The van der Waals surface area contributed by atoms with Crippen LogP contribution in [0.1, 0.15) is 20.3 Å². The first-order chi connectivity index (χ1) is 8.26. The zero-order valence-electron chi connectivity index (χ0n) is 10.3. The van der Waals surface area contributed by atoms with E-state index >= 15 is 0 Å². The summed E-state index contributed by atoms with van der Waals surface area (Å²) in [6.07, 6.45) is 0.804. The molecule has 0 fully saturated rings. The topological polar surface area (TPSA) is 21.3 Å². The van der Waals surface area contributed by atoms with Gasteiger partial charge in [-0.2, -0.15) is 0 Å². The molecule has 0 aliphatic heterocycles. The lowest BCUT2D eigenvalue weighted by atomic mass is 10.2. The number of hydrogen-bond acceptors (Lipinski definition) is 2. The van der Waals surface area contributed by atoms with Crippen LogP contribution in [0.3, 0.4) is 0 Å². The second-order valence-electron chi connectivity index (χ2n) is 3.65. The molecule has 0 saturated carbocycles. The van der Waals surface area contributed by atoms with Crippen LogP contribution in [0.2, 0.25) is 5.02 Å². The maximum atomic E-state index is 5.81. The molecule has 2 nitrogen and oxygen atoms in total. The molecule has 1 N–H and O–H groups in total. The van der Waals surface area contributed by atoms with Crippen LogP contribution in [0.25, 0.3) is 0 Å². The van der Waals surface area contributed by atoms with Crippen LogP contribution in [-0.4, -0.2) is 19.2 Å². The van der Waals surface area contributed by atoms with Gasteiger partial charge in [0.05, 0.1) is 6.04 Å². The van der Waals surface area contributed by atoms with Crippen molar-refractivity contribution in [1.29, 1.82) is 0 Å². The quantitative estimate of drug-likeness (QED) is 0.785. The van der Waals surface area contributed by atoms with Gasteiger partial charge in [0, 0.05) is 11.4 Å². The van der Waals surface area contributed by atoms with E-state index in [-0.39, 0.29) is 6.04 Å². The Bertz CT molecular complexity index is 377. The molecule has 1 aromatic rings. The van der Waals surface area contributed by atoms with Crippen molar-refractivity contribution in [2.45, 2.75) is 26.3 Å². The van der Waals surface area contributed by atoms with Crippen LogP contribution < -0.4 is 10.1 Å². The SMILES string of the molecule is CC#CCC(COc1ccc(Cl)cc1)NCC. The monoisotopic (exact) mass is 251 g/mol. The highest BCUT2D eigenvalue weighted by Crippen LogP contribution is 2.15. The zero-order valence-corrected chi connectivity index (χ0v) is 11.1. The first-order valence-electron chi connectivity index (χ1n) is 5.77. The smallest absolute Gasteiger partial charge is 0.119 e. The molecule has 1 atom stereocenters. The number of benzene rings is 1. The second-order valence-corrected chi connectivity index (χ2v) is 4.09. The van der Waals surface area contributed by atoms with E-state index in [1.54, 1.807) is 0 Å². The van der Waals surface area contributed by atoms with E-state index in [4.69, 9.17) is 16.3 Å². The highest BCUT2D eigenvalue weighted by atomic mass is 35.5. The van der Waals surface area contributed by atoms with E-state index in [2.05, 4.69) is 24.1 Å². The summed E-state index contributed by atoms with van der Waals surface area (Å²) in [5.74, 6) is 6.80. The number of likely N-dealkylation sites (N-methyl/N-ethyl adjacent to an activating group) is 1. The van der Waals surface area contributed by atoms with Gasteiger partial charge in [-0.25, -0.2) is 0 Å². The van der Waals surface area contributed by atoms with Crippen LogP contribution in [0.4, 0.5) is 0 Å². The Morgan fingerprint density at radius 2 is 2.06 bits per heavy atom. The van der Waals surface area contributed by atoms with Crippen molar-refractivity contribution in [3.8, 4) is 17.6 Å². The molecule has 17 heavy (non-hydrogen) atoms. The van der Waals surface area contributed by atoms with Crippen LogP contribution >= 0.6 is 11.6 Å². The minimum atomic E-state index is 0.267. The van der Waals surface area contributed by atoms with Gasteiger partial charge in [-0.3, -0.25) is 0 Å². The van der Waals surface area contributed by atoms with Gasteiger partial charge in [-0.05, 0) is 37.7 Å². The molecule has 1 unspecified atom stereocenters. The predicted octanol–water partition coefficient (Wildman–Crippen LogP) is 3.11. The molecule has 0 bridgehead atoms. The molecule has 0 spiro atoms. The third kappa shape index (κ3) is 5.63. The summed E-state index contributed by atoms with van der Waals surface area (Å²) in [4.78, 5) is 0. The highest BCUT2D eigenvalue weighted by Gasteiger charge is 2.06. The first-order valence-corrected chi connectivity index (χ1v) is 6.15. The van der Waals surface area contributed by atoms with Crippen molar-refractivity contribution in [3.63, 3.8) is 0 Å². The summed E-state index contributed by atoms with van der Waals surface area (Å²) < 4.78 is 5.68. The normalized spacial score (nSPS) is 11.5. The molecule has 0 amide bonds. The minimum absolute atomic E-state index is 0.267. The van der Waals surface area contributed by atoms with Crippen molar-refractivity contribution in [3.05, 3.63) is 29.3 Å². The summed E-state index contributed by atoms with van der Waals surface area (Å²) >= 11 is 5.81. The van der Waals surface area contributed by atoms with Gasteiger partial charge in [0.1, 0.15) is 12.4 Å². The van der Waals surface area contributed by atoms with Gasteiger partial charge >= 0.3 is 0 Å². The molecule has 3 heteroatoms. The lowest BCUT2D eigenvalue weighted by molar-refractivity contribution is 0.268. The lowest BCUT2D eigenvalue weighted by Gasteiger charge is -2.16. The van der Waals surface area contributed by atoms with E-state index in [0.717, 1.165) is 23.7 Å². The van der Waals surface area contributed by atoms with Crippen LogP contribution in [-0.2, 0) is 0 Å². The Morgan fingerprint density at radius 3 is 2.65 bits per heavy atom. The van der Waals surface area contributed by atoms with E-state index in [1.807, 2.05) is 31.2 Å². The largest absolute Gasteiger partial charge is 0.492 e. The standard InChI is InChI=1S/C14H18ClNO/c1-3-5-6-13(16-4-2)11-17-14-9-7-12(15)8-10-14/h7-10,13,16H,4,6,11H2,1-2H3. The molecule has 0 radical (unpaired) electrons. The van der Waals surface area contributed by atoms with Crippen molar-refractivity contribution in [2.75, 3.05) is 13.2 Å². The summed E-state index contributed by atoms with van der Waals surface area (Å²) in [6.45, 7) is 5.46. The molecule has 0 saturated heterocycles. The van der Waals surface area contributed by atoms with Gasteiger partial charge in [-0.15, -0.1) is 11.8 Å². The number of rotatable bonds is 6. The number of ether oxygens (including phenoxy) is 1. The fourth-order valence-electron chi connectivity index (χ4n) is 1.43. The Morgan fingerprint density at radius 1 is 1.35 bits per heavy atom. The Hall–Kier alpha value is -1.17. The molecule has 92 valence electrons. The molecule has 1 aromatic carbocycles. The minimum Gasteiger partial charge on any atom is -0.492 e. The van der Waals surface area contributed by atoms with Gasteiger partial charge in [0.15, 0.2) is 0 Å². The molecule has 0 aliphatic carbocycles. The zero-order chi connectivity index (χ0) is 12.5. The second kappa shape index (κ2) is 8.00. The lowest BCUT2D eigenvalue weighted by Crippen LogP contribution is -2.34. The molecule has 0 heterocycles. The molecule has 0 aliphatic rings. The molecular weight excluding hydrogens is 234 g/mol. The number of halogens is 1. The van der Waals surface area contributed by atoms with Crippen molar-refractivity contribution >= 4 is 11.6 Å². The van der Waals surface area contributed by atoms with Crippen molar-refractivity contribution < 1.29 is 4.74 Å². The highest BCUT2D eigenvalue weighted by molar-refractivity contribution is 6.30. The van der Waals surface area contributed by atoms with E-state index < -0.39 is 0 Å². The third-order valence-corrected chi connectivity index (χ3v) is 2.53. The Labute approximate surface area is 108 Å². The third-order valence-electron chi connectivity index (χ3n) is 2.28. The van der Waals surface area contributed by atoms with Crippen LogP contribution in [0.5, 0.6) is 5.75 Å². The van der Waals surface area contributed by atoms with E-state index in [9.17, 15) is 0 Å². The van der Waals surface area contributed by atoms with Gasteiger partial charge in [0.2, 0.25) is 0 Å². The Kier molecular flexibility index (Phi) is 6.54. The summed E-state index contributed by atoms with van der Waals surface area (Å²) in [5.41, 5.74) is 0. The maximum Gasteiger partial charge on any atom is 0.119 e. The van der Waals surface area contributed by atoms with Crippen molar-refractivity contribution in [2.24, 2.45) is 0 Å². The number of hydrogen-bond donors (Lipinski definition) is 1. The fraction of sp³-hybridized carbons (Fsp3) is 0.429. The molecule has 1 rings (SSSR count). The van der Waals surface area contributed by atoms with Gasteiger partial charge in [-0.1, -0.05) is 18.5 Å². The van der Waals surface area contributed by atoms with Crippen LogP contribution in [0.15, 0.2) is 24.3 Å². The Balaban J connectivity index is 2.44. The van der Waals surface area contributed by atoms with E-state index in [1.165, 1.54) is 0 Å². The van der Waals surface area contributed by atoms with Crippen molar-refractivity contribution in [1.82, 2.24) is 5.32 Å². The van der Waals surface area contributed by atoms with Gasteiger partial charge < -0.3 is 10.1 Å². The molecular formula is C14H18ClNO. The van der Waals surface area contributed by atoms with Crippen LogP contribution in [0, 0.1) is 11.8 Å². The molecule has 0 aromatic heterocycles. The summed E-state index contributed by atoms with van der Waals surface area (Å²) in [6, 6.07) is 7.66. The predicted molar refractivity (Wildman–Crippen MR) is 72.5 cm³/mol. The van der Waals surface area contributed by atoms with E-state index in [0.29, 0.717) is 6.61 Å². The average Bonchev–Trinajstić information content (AvgIpc) is 2.35. The first kappa shape index (κ1) is 13.9. The maximum absolute atomic E-state index is 5.81. The number of nitrogens with one attached hydrogen (secondary N) is 1.